The maximum atomic E-state index is 3.66. The van der Waals surface area contributed by atoms with Gasteiger partial charge in [-0.05, 0) is 34.0 Å². The highest BCUT2D eigenvalue weighted by Gasteiger charge is 2.09. The fraction of sp³-hybridized carbons (Fsp3) is 0.333. The molecule has 18 heavy (non-hydrogen) atoms. The lowest BCUT2D eigenvalue weighted by Crippen LogP contribution is -2.20. The maximum absolute atomic E-state index is 3.66. The number of thiophene rings is 1. The second-order valence-electron chi connectivity index (χ2n) is 4.36. The molecule has 0 aliphatic heterocycles. The summed E-state index contributed by atoms with van der Waals surface area (Å²) < 4.78 is 1.18. The summed E-state index contributed by atoms with van der Waals surface area (Å²) >= 11 is 5.29. The predicted octanol–water partition coefficient (Wildman–Crippen LogP) is 5.14. The largest absolute Gasteiger partial charge is 0.305 e. The molecule has 1 atom stereocenters. The van der Waals surface area contributed by atoms with E-state index in [2.05, 4.69) is 69.9 Å². The van der Waals surface area contributed by atoms with E-state index in [9.17, 15) is 0 Å². The van der Waals surface area contributed by atoms with E-state index in [1.807, 2.05) is 0 Å². The van der Waals surface area contributed by atoms with E-state index in [0.29, 0.717) is 6.04 Å². The van der Waals surface area contributed by atoms with Gasteiger partial charge in [0.25, 0.3) is 0 Å². The second-order valence-corrected chi connectivity index (χ2v) is 6.28. The molecule has 2 rings (SSSR count). The van der Waals surface area contributed by atoms with Crippen LogP contribution in [0.25, 0.3) is 0 Å². The molecule has 1 aromatic carbocycles. The minimum atomic E-state index is 0.456. The molecule has 0 spiro atoms. The van der Waals surface area contributed by atoms with E-state index in [1.165, 1.54) is 27.8 Å². The third-order valence-electron chi connectivity index (χ3n) is 2.92. The molecule has 0 saturated carbocycles. The summed E-state index contributed by atoms with van der Waals surface area (Å²) in [5, 5.41) is 5.79. The molecule has 3 heteroatoms. The summed E-state index contributed by atoms with van der Waals surface area (Å²) in [5.74, 6) is 0. The Morgan fingerprint density at radius 1 is 1.28 bits per heavy atom. The lowest BCUT2D eigenvalue weighted by Gasteiger charge is -2.18. The molecule has 0 bridgehead atoms. The molecule has 0 fully saturated rings. The number of rotatable bonds is 6. The van der Waals surface area contributed by atoms with Crippen molar-refractivity contribution >= 4 is 27.3 Å². The molecule has 0 aliphatic rings. The molecule has 2 aromatic rings. The first kappa shape index (κ1) is 13.8. The van der Waals surface area contributed by atoms with Gasteiger partial charge in [0, 0.05) is 27.3 Å². The summed E-state index contributed by atoms with van der Waals surface area (Å²) in [5.41, 5.74) is 1.38. The Hall–Kier alpha value is -0.640. The third kappa shape index (κ3) is 3.94. The zero-order valence-corrected chi connectivity index (χ0v) is 12.9. The lowest BCUT2D eigenvalue weighted by atomic mass is 10.0. The Kier molecular flexibility index (Phi) is 5.42. The topological polar surface area (TPSA) is 12.0 Å². The van der Waals surface area contributed by atoms with Gasteiger partial charge in [0.05, 0.1) is 0 Å². The van der Waals surface area contributed by atoms with Crippen molar-refractivity contribution in [2.75, 3.05) is 0 Å². The van der Waals surface area contributed by atoms with E-state index < -0.39 is 0 Å². The van der Waals surface area contributed by atoms with Crippen LogP contribution < -0.4 is 5.32 Å². The highest BCUT2D eigenvalue weighted by molar-refractivity contribution is 9.10. The van der Waals surface area contributed by atoms with Gasteiger partial charge in [0.15, 0.2) is 0 Å². The van der Waals surface area contributed by atoms with Crippen LogP contribution in [0, 0.1) is 0 Å². The first-order chi connectivity index (χ1) is 8.79. The van der Waals surface area contributed by atoms with Crippen molar-refractivity contribution in [2.45, 2.75) is 32.4 Å². The fourth-order valence-electron chi connectivity index (χ4n) is 2.03. The SMILES string of the molecule is CCCC(NCc1cc(Br)cs1)c1ccccc1. The summed E-state index contributed by atoms with van der Waals surface area (Å²) in [6.07, 6.45) is 2.37. The number of halogens is 1. The van der Waals surface area contributed by atoms with Crippen LogP contribution in [-0.4, -0.2) is 0 Å². The van der Waals surface area contributed by atoms with E-state index in [1.54, 1.807) is 11.3 Å². The van der Waals surface area contributed by atoms with Crippen LogP contribution in [-0.2, 0) is 6.54 Å². The van der Waals surface area contributed by atoms with Gasteiger partial charge in [-0.3, -0.25) is 0 Å². The summed E-state index contributed by atoms with van der Waals surface area (Å²) in [6, 6.07) is 13.4. The van der Waals surface area contributed by atoms with Crippen molar-refractivity contribution in [2.24, 2.45) is 0 Å². The first-order valence-corrected chi connectivity index (χ1v) is 7.98. The van der Waals surface area contributed by atoms with Crippen molar-refractivity contribution in [3.8, 4) is 0 Å². The van der Waals surface area contributed by atoms with Crippen LogP contribution in [0.3, 0.4) is 0 Å². The molecule has 1 nitrogen and oxygen atoms in total. The lowest BCUT2D eigenvalue weighted by molar-refractivity contribution is 0.496. The minimum absolute atomic E-state index is 0.456. The average Bonchev–Trinajstić information content (AvgIpc) is 2.81. The van der Waals surface area contributed by atoms with Gasteiger partial charge in [-0.1, -0.05) is 43.7 Å². The van der Waals surface area contributed by atoms with Gasteiger partial charge in [0.2, 0.25) is 0 Å². The standard InChI is InChI=1S/C15H18BrNS/c1-2-6-15(12-7-4-3-5-8-12)17-10-14-9-13(16)11-18-14/h3-5,7-9,11,15,17H,2,6,10H2,1H3. The van der Waals surface area contributed by atoms with Crippen LogP contribution in [0.2, 0.25) is 0 Å². The zero-order valence-electron chi connectivity index (χ0n) is 10.5. The number of nitrogens with one attached hydrogen (secondary N) is 1. The second kappa shape index (κ2) is 7.07. The van der Waals surface area contributed by atoms with Crippen LogP contribution in [0.15, 0.2) is 46.3 Å². The van der Waals surface area contributed by atoms with E-state index in [4.69, 9.17) is 0 Å². The highest BCUT2D eigenvalue weighted by atomic mass is 79.9. The van der Waals surface area contributed by atoms with E-state index >= 15 is 0 Å². The van der Waals surface area contributed by atoms with Crippen LogP contribution >= 0.6 is 27.3 Å². The van der Waals surface area contributed by atoms with Crippen LogP contribution in [0.4, 0.5) is 0 Å². The third-order valence-corrected chi connectivity index (χ3v) is 4.62. The molecule has 0 radical (unpaired) electrons. The van der Waals surface area contributed by atoms with E-state index in [-0.39, 0.29) is 0 Å². The summed E-state index contributed by atoms with van der Waals surface area (Å²) in [6.45, 7) is 3.18. The van der Waals surface area contributed by atoms with Gasteiger partial charge >= 0.3 is 0 Å². The monoisotopic (exact) mass is 323 g/mol. The molecule has 0 amide bonds. The molecule has 0 saturated heterocycles. The zero-order chi connectivity index (χ0) is 12.8. The quantitative estimate of drug-likeness (QED) is 0.775. The van der Waals surface area contributed by atoms with E-state index in [0.717, 1.165) is 6.54 Å². The van der Waals surface area contributed by atoms with Gasteiger partial charge in [-0.2, -0.15) is 0 Å². The van der Waals surface area contributed by atoms with Crippen LogP contribution in [0.1, 0.15) is 36.2 Å². The molecule has 0 aliphatic carbocycles. The Bertz CT molecular complexity index is 466. The summed E-state index contributed by atoms with van der Waals surface area (Å²) in [4.78, 5) is 1.37. The van der Waals surface area contributed by atoms with Gasteiger partial charge in [-0.25, -0.2) is 0 Å². The predicted molar refractivity (Wildman–Crippen MR) is 82.9 cm³/mol. The molecule has 96 valence electrons. The minimum Gasteiger partial charge on any atom is -0.305 e. The maximum Gasteiger partial charge on any atom is 0.0323 e. The Morgan fingerprint density at radius 2 is 2.06 bits per heavy atom. The van der Waals surface area contributed by atoms with Gasteiger partial charge < -0.3 is 5.32 Å². The molecular formula is C15H18BrNS. The fourth-order valence-corrected chi connectivity index (χ4v) is 3.43. The Balaban J connectivity index is 1.98. The van der Waals surface area contributed by atoms with Crippen molar-refractivity contribution in [1.29, 1.82) is 0 Å². The highest BCUT2D eigenvalue weighted by Crippen LogP contribution is 2.22. The smallest absolute Gasteiger partial charge is 0.0323 e. The molecule has 1 aromatic heterocycles. The van der Waals surface area contributed by atoms with Crippen LogP contribution in [0.5, 0.6) is 0 Å². The van der Waals surface area contributed by atoms with Crippen molar-refractivity contribution in [3.63, 3.8) is 0 Å². The Morgan fingerprint density at radius 3 is 2.67 bits per heavy atom. The number of benzene rings is 1. The normalized spacial score (nSPS) is 12.6. The van der Waals surface area contributed by atoms with Crippen molar-refractivity contribution in [3.05, 3.63) is 56.7 Å². The van der Waals surface area contributed by atoms with Crippen molar-refractivity contribution in [1.82, 2.24) is 5.32 Å². The average molecular weight is 324 g/mol. The molecule has 1 heterocycles. The molecule has 1 unspecified atom stereocenters. The van der Waals surface area contributed by atoms with Crippen molar-refractivity contribution < 1.29 is 0 Å². The first-order valence-electron chi connectivity index (χ1n) is 6.31. The van der Waals surface area contributed by atoms with Gasteiger partial charge in [-0.15, -0.1) is 11.3 Å². The molecular weight excluding hydrogens is 306 g/mol. The molecule has 1 N–H and O–H groups in total. The number of hydrogen-bond acceptors (Lipinski definition) is 2. The summed E-state index contributed by atoms with van der Waals surface area (Å²) in [7, 11) is 0. The Labute approximate surface area is 121 Å². The van der Waals surface area contributed by atoms with Gasteiger partial charge in [0.1, 0.15) is 0 Å². The number of hydrogen-bond donors (Lipinski definition) is 1.